The third-order valence-electron chi connectivity index (χ3n) is 4.87. The zero-order valence-corrected chi connectivity index (χ0v) is 17.2. The van der Waals surface area contributed by atoms with Gasteiger partial charge >= 0.3 is 24.1 Å². The molecule has 2 heterocycles. The number of nitrogens with one attached hydrogen (secondary N) is 2. The Kier molecular flexibility index (Phi) is 8.07. The highest BCUT2D eigenvalue weighted by molar-refractivity contribution is 7.17. The van der Waals surface area contributed by atoms with Crippen LogP contribution in [0.4, 0.5) is 23.0 Å². The average molecular weight is 451 g/mol. The van der Waals surface area contributed by atoms with E-state index in [-0.39, 0.29) is 17.6 Å². The van der Waals surface area contributed by atoms with Crippen molar-refractivity contribution in [2.75, 3.05) is 18.9 Å². The predicted octanol–water partition coefficient (Wildman–Crippen LogP) is 3.52. The van der Waals surface area contributed by atoms with Gasteiger partial charge in [0.1, 0.15) is 5.00 Å². The van der Waals surface area contributed by atoms with Crippen molar-refractivity contribution in [1.82, 2.24) is 10.2 Å². The van der Waals surface area contributed by atoms with Gasteiger partial charge in [0.25, 0.3) is 0 Å². The second kappa shape index (κ2) is 10.1. The van der Waals surface area contributed by atoms with Gasteiger partial charge in [-0.2, -0.15) is 13.2 Å². The lowest BCUT2D eigenvalue weighted by Crippen LogP contribution is -2.39. The molecule has 0 atom stereocenters. The summed E-state index contributed by atoms with van der Waals surface area (Å²) in [7, 11) is 2.02. The highest BCUT2D eigenvalue weighted by Gasteiger charge is 2.38. The van der Waals surface area contributed by atoms with Crippen LogP contribution in [0.2, 0.25) is 0 Å². The van der Waals surface area contributed by atoms with Crippen LogP contribution in [-0.4, -0.2) is 58.9 Å². The molecule has 12 heteroatoms. The van der Waals surface area contributed by atoms with Crippen molar-refractivity contribution in [1.29, 1.82) is 0 Å². The number of carboxylic acid groups (broad SMARTS) is 2. The smallest absolute Gasteiger partial charge is 0.478 e. The quantitative estimate of drug-likeness (QED) is 0.558. The van der Waals surface area contributed by atoms with Gasteiger partial charge in [0.15, 0.2) is 0 Å². The van der Waals surface area contributed by atoms with Crippen LogP contribution in [-0.2, 0) is 17.8 Å². The number of carbonyl (C=O) groups is 3. The number of urea groups is 1. The third kappa shape index (κ3) is 6.59. The minimum Gasteiger partial charge on any atom is -0.478 e. The number of likely N-dealkylation sites (N-methyl/N-ethyl adjacent to an activating group) is 1. The van der Waals surface area contributed by atoms with Crippen LogP contribution < -0.4 is 10.6 Å². The molecular formula is C18H24F3N3O5S. The number of carboxylic acids is 2. The monoisotopic (exact) mass is 451 g/mol. The summed E-state index contributed by atoms with van der Waals surface area (Å²) in [6.45, 7) is 1.59. The maximum atomic E-state index is 12.2. The molecule has 1 aliphatic carbocycles. The van der Waals surface area contributed by atoms with Crippen molar-refractivity contribution < 1.29 is 37.8 Å². The van der Waals surface area contributed by atoms with Gasteiger partial charge in [-0.3, -0.25) is 5.32 Å². The number of aromatic carboxylic acids is 1. The molecule has 8 nitrogen and oxygen atoms in total. The van der Waals surface area contributed by atoms with Crippen molar-refractivity contribution in [3.05, 3.63) is 16.0 Å². The molecule has 1 fully saturated rings. The second-order valence-corrected chi connectivity index (χ2v) is 8.34. The number of fused-ring (bicyclic) bond motifs is 1. The highest BCUT2D eigenvalue weighted by Crippen LogP contribution is 2.36. The number of halogens is 3. The summed E-state index contributed by atoms with van der Waals surface area (Å²) in [5.41, 5.74) is 1.16. The molecule has 30 heavy (non-hydrogen) atoms. The fourth-order valence-electron chi connectivity index (χ4n) is 3.42. The molecule has 0 spiro atoms. The van der Waals surface area contributed by atoms with Crippen molar-refractivity contribution in [3.8, 4) is 0 Å². The van der Waals surface area contributed by atoms with Gasteiger partial charge in [0.2, 0.25) is 0 Å². The van der Waals surface area contributed by atoms with Gasteiger partial charge in [0, 0.05) is 24.0 Å². The fourth-order valence-corrected chi connectivity index (χ4v) is 4.73. The van der Waals surface area contributed by atoms with Crippen LogP contribution in [0.1, 0.15) is 52.9 Å². The van der Waals surface area contributed by atoms with Gasteiger partial charge in [-0.1, -0.05) is 19.3 Å². The maximum absolute atomic E-state index is 12.2. The molecule has 1 aliphatic heterocycles. The number of alkyl halides is 3. The normalized spacial score (nSPS) is 17.3. The lowest BCUT2D eigenvalue weighted by molar-refractivity contribution is -0.192. The van der Waals surface area contributed by atoms with Crippen LogP contribution in [0, 0.1) is 0 Å². The molecule has 0 radical (unpaired) electrons. The third-order valence-corrected chi connectivity index (χ3v) is 6.00. The molecule has 1 aromatic heterocycles. The summed E-state index contributed by atoms with van der Waals surface area (Å²) >= 11 is 1.39. The molecule has 0 bridgehead atoms. The predicted molar refractivity (Wildman–Crippen MR) is 104 cm³/mol. The van der Waals surface area contributed by atoms with Crippen molar-refractivity contribution in [2.45, 2.75) is 57.3 Å². The lowest BCUT2D eigenvalue weighted by atomic mass is 9.96. The molecule has 168 valence electrons. The number of hydrogen-bond acceptors (Lipinski definition) is 5. The van der Waals surface area contributed by atoms with Crippen molar-refractivity contribution in [3.63, 3.8) is 0 Å². The Bertz CT molecular complexity index is 791. The van der Waals surface area contributed by atoms with Crippen LogP contribution in [0.15, 0.2) is 0 Å². The van der Waals surface area contributed by atoms with Crippen LogP contribution in [0.5, 0.6) is 0 Å². The van der Waals surface area contributed by atoms with E-state index in [1.807, 2.05) is 7.05 Å². The largest absolute Gasteiger partial charge is 0.490 e. The van der Waals surface area contributed by atoms with E-state index in [4.69, 9.17) is 9.90 Å². The highest BCUT2D eigenvalue weighted by atomic mass is 32.1. The van der Waals surface area contributed by atoms with E-state index in [1.165, 1.54) is 17.8 Å². The van der Waals surface area contributed by atoms with E-state index in [1.54, 1.807) is 0 Å². The Balaban J connectivity index is 0.000000396. The Morgan fingerprint density at radius 2 is 1.73 bits per heavy atom. The number of rotatable bonds is 3. The molecule has 2 amide bonds. The Hall–Kier alpha value is -2.34. The Morgan fingerprint density at radius 3 is 2.27 bits per heavy atom. The molecule has 2 aliphatic rings. The minimum atomic E-state index is -5.08. The number of carbonyl (C=O) groups excluding carboxylic acids is 1. The number of nitrogens with zero attached hydrogens (tertiary/aromatic N) is 1. The average Bonchev–Trinajstić information content (AvgIpc) is 2.99. The minimum absolute atomic E-state index is 0.206. The SMILES string of the molecule is CN1CCc2c(sc(NC(=O)NC3CCCCC3)c2C(=O)O)C1.O=C(O)C(F)(F)F. The summed E-state index contributed by atoms with van der Waals surface area (Å²) in [5, 5.41) is 22.9. The van der Waals surface area contributed by atoms with Gasteiger partial charge in [0.05, 0.1) is 5.56 Å². The summed E-state index contributed by atoms with van der Waals surface area (Å²) in [5.74, 6) is -3.72. The Labute approximate surface area is 175 Å². The molecule has 0 saturated heterocycles. The van der Waals surface area contributed by atoms with E-state index in [0.717, 1.165) is 55.6 Å². The number of amides is 2. The topological polar surface area (TPSA) is 119 Å². The molecular weight excluding hydrogens is 427 g/mol. The van der Waals surface area contributed by atoms with Crippen molar-refractivity contribution in [2.24, 2.45) is 0 Å². The first-order valence-corrected chi connectivity index (χ1v) is 10.2. The molecule has 1 saturated carbocycles. The van der Waals surface area contributed by atoms with E-state index in [2.05, 4.69) is 15.5 Å². The lowest BCUT2D eigenvalue weighted by Gasteiger charge is -2.22. The summed E-state index contributed by atoms with van der Waals surface area (Å²) in [6, 6.07) is -0.0795. The second-order valence-electron chi connectivity index (χ2n) is 7.24. The number of aliphatic carboxylic acids is 1. The molecule has 0 unspecified atom stereocenters. The number of thiophene rings is 1. The maximum Gasteiger partial charge on any atom is 0.490 e. The summed E-state index contributed by atoms with van der Waals surface area (Å²) < 4.78 is 31.7. The molecule has 0 aromatic carbocycles. The van der Waals surface area contributed by atoms with E-state index >= 15 is 0 Å². The van der Waals surface area contributed by atoms with Gasteiger partial charge in [-0.05, 0) is 31.9 Å². The van der Waals surface area contributed by atoms with Crippen LogP contribution in [0.25, 0.3) is 0 Å². The molecule has 1 aromatic rings. The molecule has 4 N–H and O–H groups in total. The first kappa shape index (κ1) is 23.9. The first-order chi connectivity index (χ1) is 14.0. The summed E-state index contributed by atoms with van der Waals surface area (Å²) in [6.07, 6.45) is 1.16. The van der Waals surface area contributed by atoms with Crippen molar-refractivity contribution >= 4 is 34.3 Å². The first-order valence-electron chi connectivity index (χ1n) is 9.43. The zero-order valence-electron chi connectivity index (χ0n) is 16.3. The van der Waals surface area contributed by atoms with E-state index < -0.39 is 18.1 Å². The van der Waals surface area contributed by atoms with Crippen LogP contribution >= 0.6 is 11.3 Å². The number of anilines is 1. The van der Waals surface area contributed by atoms with Crippen LogP contribution in [0.3, 0.4) is 0 Å². The standard InChI is InChI=1S/C16H23N3O3S.C2HF3O2/c1-19-8-7-11-12(9-19)23-14(13(11)15(20)21)18-16(22)17-10-5-3-2-4-6-10;3-2(4,5)1(6)7/h10H,2-9H2,1H3,(H,20,21)(H2,17,18,22);(H,6,7). The van der Waals surface area contributed by atoms with Gasteiger partial charge < -0.3 is 20.4 Å². The fraction of sp³-hybridized carbons (Fsp3) is 0.611. The summed E-state index contributed by atoms with van der Waals surface area (Å²) in [4.78, 5) is 35.9. The Morgan fingerprint density at radius 1 is 1.13 bits per heavy atom. The van der Waals surface area contributed by atoms with Gasteiger partial charge in [-0.25, -0.2) is 14.4 Å². The molecule has 3 rings (SSSR count). The number of hydrogen-bond donors (Lipinski definition) is 4. The van der Waals surface area contributed by atoms with E-state index in [0.29, 0.717) is 5.00 Å². The zero-order chi connectivity index (χ0) is 22.5. The van der Waals surface area contributed by atoms with E-state index in [9.17, 15) is 27.9 Å². The van der Waals surface area contributed by atoms with Gasteiger partial charge in [-0.15, -0.1) is 11.3 Å².